The van der Waals surface area contributed by atoms with Crippen LogP contribution in [-0.2, 0) is 17.8 Å². The van der Waals surface area contributed by atoms with Crippen LogP contribution in [0.15, 0.2) is 48.5 Å². The Morgan fingerprint density at radius 1 is 1.19 bits per heavy atom. The third-order valence-electron chi connectivity index (χ3n) is 4.92. The van der Waals surface area contributed by atoms with E-state index >= 15 is 0 Å². The highest BCUT2D eigenvalue weighted by molar-refractivity contribution is 5.74. The third-order valence-corrected chi connectivity index (χ3v) is 4.92. The zero-order chi connectivity index (χ0) is 18.3. The van der Waals surface area contributed by atoms with Gasteiger partial charge in [0.1, 0.15) is 12.4 Å². The summed E-state index contributed by atoms with van der Waals surface area (Å²) in [6.07, 6.45) is 0.358. The molecule has 0 bridgehead atoms. The second kappa shape index (κ2) is 6.33. The van der Waals surface area contributed by atoms with Gasteiger partial charge in [0.05, 0.1) is 5.69 Å². The molecule has 2 aromatic carbocycles. The van der Waals surface area contributed by atoms with Crippen molar-refractivity contribution in [3.63, 3.8) is 0 Å². The van der Waals surface area contributed by atoms with E-state index in [0.29, 0.717) is 0 Å². The molecule has 1 aliphatic rings. The highest BCUT2D eigenvalue weighted by Gasteiger charge is 2.28. The minimum atomic E-state index is -0.471. The largest absolute Gasteiger partial charge is 0.445 e. The molecule has 0 radical (unpaired) electrons. The molecule has 0 spiro atoms. The van der Waals surface area contributed by atoms with E-state index in [1.807, 2.05) is 19.1 Å². The van der Waals surface area contributed by atoms with Gasteiger partial charge in [-0.15, -0.1) is 0 Å². The number of hydrogen-bond donors (Lipinski definition) is 1. The Morgan fingerprint density at radius 3 is 2.65 bits per heavy atom. The maximum absolute atomic E-state index is 13.4. The van der Waals surface area contributed by atoms with Crippen molar-refractivity contribution in [2.45, 2.75) is 20.0 Å². The fourth-order valence-electron chi connectivity index (χ4n) is 3.62. The molecule has 1 N–H and O–H groups in total. The zero-order valence-electron chi connectivity index (χ0n) is 14.7. The van der Waals surface area contributed by atoms with Gasteiger partial charge in [-0.3, -0.25) is 0 Å². The highest BCUT2D eigenvalue weighted by Crippen LogP contribution is 2.40. The Labute approximate surface area is 151 Å². The standard InChI is InChI=1S/C21H19FN2O2/c1-13-17(12-26-21(25)23-2)20(14-7-9-16(22)10-8-14)24-18-6-4-3-5-15(18)11-19(13)24/h3-10H,11-12H2,1-2H3,(H,23,25). The van der Waals surface area contributed by atoms with Crippen LogP contribution in [0.5, 0.6) is 0 Å². The number of hydrogen-bond acceptors (Lipinski definition) is 2. The summed E-state index contributed by atoms with van der Waals surface area (Å²) in [6, 6.07) is 14.7. The molecule has 3 aromatic rings. The van der Waals surface area contributed by atoms with E-state index in [-0.39, 0.29) is 12.4 Å². The average molecular weight is 350 g/mol. The Bertz CT molecular complexity index is 990. The summed E-state index contributed by atoms with van der Waals surface area (Å²) in [4.78, 5) is 11.6. The monoisotopic (exact) mass is 350 g/mol. The number of nitrogens with zero attached hydrogens (tertiary/aromatic N) is 1. The second-order valence-corrected chi connectivity index (χ2v) is 6.37. The first-order chi connectivity index (χ1) is 12.6. The van der Waals surface area contributed by atoms with Crippen molar-refractivity contribution in [3.8, 4) is 16.9 Å². The molecule has 0 atom stereocenters. The smallest absolute Gasteiger partial charge is 0.407 e. The van der Waals surface area contributed by atoms with Crippen molar-refractivity contribution in [2.24, 2.45) is 0 Å². The summed E-state index contributed by atoms with van der Waals surface area (Å²) < 4.78 is 21.0. The third kappa shape index (κ3) is 2.56. The topological polar surface area (TPSA) is 43.3 Å². The summed E-state index contributed by atoms with van der Waals surface area (Å²) in [7, 11) is 1.53. The van der Waals surface area contributed by atoms with E-state index in [2.05, 4.69) is 22.0 Å². The molecule has 0 fully saturated rings. The van der Waals surface area contributed by atoms with E-state index in [4.69, 9.17) is 4.74 Å². The number of fused-ring (bicyclic) bond motifs is 3. The Balaban J connectivity index is 1.90. The molecule has 0 unspecified atom stereocenters. The molecular formula is C21H19FN2O2. The van der Waals surface area contributed by atoms with Gasteiger partial charge in [0.25, 0.3) is 0 Å². The lowest BCUT2D eigenvalue weighted by Gasteiger charge is -2.13. The molecule has 4 nitrogen and oxygen atoms in total. The van der Waals surface area contributed by atoms with Crippen molar-refractivity contribution in [3.05, 3.63) is 76.7 Å². The van der Waals surface area contributed by atoms with Gasteiger partial charge < -0.3 is 14.6 Å². The fraction of sp³-hybridized carbons (Fsp3) is 0.190. The van der Waals surface area contributed by atoms with E-state index in [0.717, 1.165) is 34.5 Å². The number of rotatable bonds is 3. The van der Waals surface area contributed by atoms with Gasteiger partial charge in [-0.1, -0.05) is 18.2 Å². The molecule has 0 saturated heterocycles. The number of aromatic nitrogens is 1. The van der Waals surface area contributed by atoms with Crippen LogP contribution < -0.4 is 5.32 Å². The maximum atomic E-state index is 13.4. The molecule has 1 aliphatic heterocycles. The van der Waals surface area contributed by atoms with Crippen molar-refractivity contribution < 1.29 is 13.9 Å². The first-order valence-corrected chi connectivity index (χ1v) is 8.52. The molecule has 2 heterocycles. The summed E-state index contributed by atoms with van der Waals surface area (Å²) in [6.45, 7) is 2.22. The maximum Gasteiger partial charge on any atom is 0.407 e. The number of amides is 1. The second-order valence-electron chi connectivity index (χ2n) is 6.37. The minimum absolute atomic E-state index is 0.167. The van der Waals surface area contributed by atoms with Gasteiger partial charge in [-0.05, 0) is 53.9 Å². The van der Waals surface area contributed by atoms with E-state index in [1.165, 1.54) is 30.4 Å². The van der Waals surface area contributed by atoms with Gasteiger partial charge in [0.2, 0.25) is 0 Å². The van der Waals surface area contributed by atoms with Gasteiger partial charge in [0, 0.05) is 30.4 Å². The summed E-state index contributed by atoms with van der Waals surface area (Å²) >= 11 is 0. The Morgan fingerprint density at radius 2 is 1.92 bits per heavy atom. The fourth-order valence-corrected chi connectivity index (χ4v) is 3.62. The van der Waals surface area contributed by atoms with E-state index in [9.17, 15) is 9.18 Å². The van der Waals surface area contributed by atoms with Crippen LogP contribution in [0.1, 0.15) is 22.4 Å². The SMILES string of the molecule is CNC(=O)OCc1c(C)c2n(c1-c1ccc(F)cc1)-c1ccccc1C2. The Kier molecular flexibility index (Phi) is 3.99. The first-order valence-electron chi connectivity index (χ1n) is 8.52. The van der Waals surface area contributed by atoms with Crippen molar-refractivity contribution in [1.29, 1.82) is 0 Å². The zero-order valence-corrected chi connectivity index (χ0v) is 14.7. The lowest BCUT2D eigenvalue weighted by Crippen LogP contribution is -2.19. The van der Waals surface area contributed by atoms with Crippen LogP contribution in [0, 0.1) is 12.7 Å². The van der Waals surface area contributed by atoms with Crippen molar-refractivity contribution in [1.82, 2.24) is 9.88 Å². The molecule has 26 heavy (non-hydrogen) atoms. The summed E-state index contributed by atoms with van der Waals surface area (Å²) in [5.74, 6) is -0.276. The number of carbonyl (C=O) groups is 1. The van der Waals surface area contributed by atoms with Gasteiger partial charge >= 0.3 is 6.09 Å². The predicted octanol–water partition coefficient (Wildman–Crippen LogP) is 4.35. The molecule has 1 aromatic heterocycles. The molecule has 4 rings (SSSR count). The number of para-hydroxylation sites is 1. The lowest BCUT2D eigenvalue weighted by atomic mass is 10.0. The molecule has 0 aliphatic carbocycles. The van der Waals surface area contributed by atoms with Crippen LogP contribution in [0.3, 0.4) is 0 Å². The number of halogens is 1. The number of ether oxygens (including phenoxy) is 1. The van der Waals surface area contributed by atoms with E-state index in [1.54, 1.807) is 12.1 Å². The number of nitrogens with one attached hydrogen (secondary N) is 1. The first kappa shape index (κ1) is 16.4. The molecule has 132 valence electrons. The van der Waals surface area contributed by atoms with Gasteiger partial charge in [-0.25, -0.2) is 9.18 Å². The van der Waals surface area contributed by atoms with Gasteiger partial charge in [0.15, 0.2) is 0 Å². The van der Waals surface area contributed by atoms with Crippen molar-refractivity contribution in [2.75, 3.05) is 7.05 Å². The summed E-state index contributed by atoms with van der Waals surface area (Å²) in [5.41, 5.74) is 7.46. The average Bonchev–Trinajstić information content (AvgIpc) is 3.16. The minimum Gasteiger partial charge on any atom is -0.445 e. The predicted molar refractivity (Wildman–Crippen MR) is 98.0 cm³/mol. The van der Waals surface area contributed by atoms with Crippen LogP contribution in [-0.4, -0.2) is 17.7 Å². The van der Waals surface area contributed by atoms with Crippen LogP contribution in [0.4, 0.5) is 9.18 Å². The van der Waals surface area contributed by atoms with Crippen molar-refractivity contribution >= 4 is 6.09 Å². The van der Waals surface area contributed by atoms with Crippen LogP contribution >= 0.6 is 0 Å². The number of benzene rings is 2. The molecule has 0 saturated carbocycles. The van der Waals surface area contributed by atoms with Gasteiger partial charge in [-0.2, -0.15) is 0 Å². The molecule has 1 amide bonds. The lowest BCUT2D eigenvalue weighted by molar-refractivity contribution is 0.142. The normalized spacial score (nSPS) is 11.8. The molecular weight excluding hydrogens is 331 g/mol. The molecule has 5 heteroatoms. The summed E-state index contributed by atoms with van der Waals surface area (Å²) in [5, 5.41) is 2.47. The number of alkyl carbamates (subject to hydrolysis) is 1. The number of carbonyl (C=O) groups excluding carboxylic acids is 1. The van der Waals surface area contributed by atoms with Crippen LogP contribution in [0.2, 0.25) is 0 Å². The highest BCUT2D eigenvalue weighted by atomic mass is 19.1. The Hall–Kier alpha value is -3.08. The van der Waals surface area contributed by atoms with E-state index < -0.39 is 6.09 Å². The van der Waals surface area contributed by atoms with Crippen LogP contribution in [0.25, 0.3) is 16.9 Å². The quantitative estimate of drug-likeness (QED) is 0.597.